The van der Waals surface area contributed by atoms with Crippen LogP contribution in [-0.2, 0) is 6.54 Å². The molecular formula is C15H14BrNOS. The van der Waals surface area contributed by atoms with Crippen molar-refractivity contribution in [3.63, 3.8) is 0 Å². The third-order valence-electron chi connectivity index (χ3n) is 2.75. The van der Waals surface area contributed by atoms with Gasteiger partial charge in [-0.25, -0.2) is 0 Å². The van der Waals surface area contributed by atoms with Crippen molar-refractivity contribution in [1.82, 2.24) is 4.90 Å². The van der Waals surface area contributed by atoms with Crippen LogP contribution in [0.2, 0.25) is 0 Å². The Balaban J connectivity index is 2.12. The Bertz CT molecular complexity index is 600. The van der Waals surface area contributed by atoms with Crippen molar-refractivity contribution in [2.75, 3.05) is 7.05 Å². The average molecular weight is 336 g/mol. The highest BCUT2D eigenvalue weighted by molar-refractivity contribution is 9.10. The molecular weight excluding hydrogens is 322 g/mol. The molecule has 0 saturated carbocycles. The highest BCUT2D eigenvalue weighted by Crippen LogP contribution is 2.15. The van der Waals surface area contributed by atoms with Gasteiger partial charge in [0.15, 0.2) is 0 Å². The Labute approximate surface area is 127 Å². The molecule has 2 aromatic rings. The Kier molecular flexibility index (Phi) is 4.66. The van der Waals surface area contributed by atoms with E-state index in [4.69, 9.17) is 0 Å². The molecule has 0 fully saturated rings. The molecule has 4 heteroatoms. The van der Waals surface area contributed by atoms with Gasteiger partial charge in [0.25, 0.3) is 5.91 Å². The lowest BCUT2D eigenvalue weighted by atomic mass is 10.1. The number of nitrogens with zero attached hydrogens (tertiary/aromatic N) is 1. The number of hydrogen-bond donors (Lipinski definition) is 1. The Hall–Kier alpha value is -1.26. The van der Waals surface area contributed by atoms with E-state index in [0.29, 0.717) is 12.1 Å². The molecule has 98 valence electrons. The number of carbonyl (C=O) groups excluding carboxylic acids is 1. The molecule has 0 atom stereocenters. The van der Waals surface area contributed by atoms with E-state index >= 15 is 0 Å². The highest BCUT2D eigenvalue weighted by Gasteiger charge is 2.12. The van der Waals surface area contributed by atoms with Crippen LogP contribution in [0.5, 0.6) is 0 Å². The van der Waals surface area contributed by atoms with Gasteiger partial charge >= 0.3 is 0 Å². The number of carbonyl (C=O) groups is 1. The van der Waals surface area contributed by atoms with E-state index in [1.54, 1.807) is 24.1 Å². The maximum absolute atomic E-state index is 12.3. The van der Waals surface area contributed by atoms with Crippen LogP contribution >= 0.6 is 28.6 Å². The van der Waals surface area contributed by atoms with Gasteiger partial charge in [0, 0.05) is 28.5 Å². The van der Waals surface area contributed by atoms with Crippen LogP contribution < -0.4 is 0 Å². The van der Waals surface area contributed by atoms with Gasteiger partial charge in [0.2, 0.25) is 0 Å². The van der Waals surface area contributed by atoms with E-state index < -0.39 is 0 Å². The van der Waals surface area contributed by atoms with E-state index in [1.807, 2.05) is 36.4 Å². The van der Waals surface area contributed by atoms with E-state index in [0.717, 1.165) is 14.9 Å². The molecule has 0 radical (unpaired) electrons. The number of hydrogen-bond acceptors (Lipinski definition) is 2. The van der Waals surface area contributed by atoms with Crippen LogP contribution in [0.3, 0.4) is 0 Å². The predicted octanol–water partition coefficient (Wildman–Crippen LogP) is 4.01. The molecule has 0 saturated heterocycles. The molecule has 1 amide bonds. The lowest BCUT2D eigenvalue weighted by Gasteiger charge is -2.17. The molecule has 0 N–H and O–H groups in total. The molecule has 0 heterocycles. The summed E-state index contributed by atoms with van der Waals surface area (Å²) < 4.78 is 1.02. The van der Waals surface area contributed by atoms with Crippen molar-refractivity contribution in [2.24, 2.45) is 0 Å². The number of amides is 1. The van der Waals surface area contributed by atoms with Crippen LogP contribution in [0.1, 0.15) is 15.9 Å². The Morgan fingerprint density at radius 2 is 1.95 bits per heavy atom. The first kappa shape index (κ1) is 14.2. The van der Waals surface area contributed by atoms with Gasteiger partial charge in [-0.2, -0.15) is 0 Å². The summed E-state index contributed by atoms with van der Waals surface area (Å²) in [4.78, 5) is 14.8. The van der Waals surface area contributed by atoms with Crippen molar-refractivity contribution >= 4 is 34.5 Å². The summed E-state index contributed by atoms with van der Waals surface area (Å²) in [6.45, 7) is 0.578. The van der Waals surface area contributed by atoms with Crippen molar-refractivity contribution in [3.8, 4) is 0 Å². The van der Waals surface area contributed by atoms with Crippen LogP contribution in [0.25, 0.3) is 0 Å². The summed E-state index contributed by atoms with van der Waals surface area (Å²) in [5.74, 6) is -0.00382. The number of thiol groups is 1. The smallest absolute Gasteiger partial charge is 0.253 e. The van der Waals surface area contributed by atoms with Gasteiger partial charge in [-0.1, -0.05) is 34.1 Å². The SMILES string of the molecule is CN(Cc1cccc(Br)c1)C(=O)c1cccc(S)c1. The van der Waals surface area contributed by atoms with E-state index in [-0.39, 0.29) is 5.91 Å². The summed E-state index contributed by atoms with van der Waals surface area (Å²) in [6, 6.07) is 15.2. The minimum Gasteiger partial charge on any atom is -0.337 e. The van der Waals surface area contributed by atoms with Crippen molar-refractivity contribution < 1.29 is 4.79 Å². The summed E-state index contributed by atoms with van der Waals surface area (Å²) in [6.07, 6.45) is 0. The Morgan fingerprint density at radius 3 is 2.63 bits per heavy atom. The predicted molar refractivity (Wildman–Crippen MR) is 83.6 cm³/mol. The number of rotatable bonds is 3. The van der Waals surface area contributed by atoms with Gasteiger partial charge in [0.05, 0.1) is 0 Å². The maximum Gasteiger partial charge on any atom is 0.253 e. The zero-order valence-electron chi connectivity index (χ0n) is 10.5. The molecule has 0 aliphatic carbocycles. The molecule has 2 rings (SSSR count). The molecule has 0 spiro atoms. The van der Waals surface area contributed by atoms with Crippen molar-refractivity contribution in [3.05, 3.63) is 64.1 Å². The average Bonchev–Trinajstić information content (AvgIpc) is 2.38. The highest BCUT2D eigenvalue weighted by atomic mass is 79.9. The third kappa shape index (κ3) is 3.85. The topological polar surface area (TPSA) is 20.3 Å². The van der Waals surface area contributed by atoms with Crippen molar-refractivity contribution in [1.29, 1.82) is 0 Å². The minimum atomic E-state index is -0.00382. The summed E-state index contributed by atoms with van der Waals surface area (Å²) >= 11 is 7.68. The standard InChI is InChI=1S/C15H14BrNOS/c1-17(10-11-4-2-6-13(16)8-11)15(18)12-5-3-7-14(19)9-12/h2-9,19H,10H2,1H3. The molecule has 19 heavy (non-hydrogen) atoms. The first-order chi connectivity index (χ1) is 9.06. The fourth-order valence-electron chi connectivity index (χ4n) is 1.84. The number of benzene rings is 2. The van der Waals surface area contributed by atoms with Gasteiger partial charge in [-0.05, 0) is 35.9 Å². The Morgan fingerprint density at radius 1 is 1.21 bits per heavy atom. The second-order valence-electron chi connectivity index (χ2n) is 4.34. The van der Waals surface area contributed by atoms with Gasteiger partial charge in [-0.15, -0.1) is 12.6 Å². The van der Waals surface area contributed by atoms with Crippen LogP contribution in [0, 0.1) is 0 Å². The van der Waals surface area contributed by atoms with Crippen LogP contribution in [0.4, 0.5) is 0 Å². The molecule has 0 bridgehead atoms. The maximum atomic E-state index is 12.3. The van der Waals surface area contributed by atoms with Gasteiger partial charge < -0.3 is 4.90 Å². The number of halogens is 1. The zero-order chi connectivity index (χ0) is 13.8. The van der Waals surface area contributed by atoms with Crippen LogP contribution in [0.15, 0.2) is 57.9 Å². The first-order valence-corrected chi connectivity index (χ1v) is 7.09. The molecule has 0 aromatic heterocycles. The quantitative estimate of drug-likeness (QED) is 0.840. The molecule has 2 nitrogen and oxygen atoms in total. The monoisotopic (exact) mass is 335 g/mol. The molecule has 0 aliphatic heterocycles. The minimum absolute atomic E-state index is 0.00382. The van der Waals surface area contributed by atoms with Crippen LogP contribution in [-0.4, -0.2) is 17.9 Å². The molecule has 2 aromatic carbocycles. The largest absolute Gasteiger partial charge is 0.337 e. The second-order valence-corrected chi connectivity index (χ2v) is 5.77. The molecule has 0 aliphatic rings. The third-order valence-corrected chi connectivity index (χ3v) is 3.52. The van der Waals surface area contributed by atoms with Gasteiger partial charge in [0.1, 0.15) is 0 Å². The lowest BCUT2D eigenvalue weighted by molar-refractivity contribution is 0.0785. The second kappa shape index (κ2) is 6.26. The molecule has 0 unspecified atom stereocenters. The van der Waals surface area contributed by atoms with Crippen molar-refractivity contribution in [2.45, 2.75) is 11.4 Å². The summed E-state index contributed by atoms with van der Waals surface area (Å²) in [5, 5.41) is 0. The normalized spacial score (nSPS) is 10.3. The fraction of sp³-hybridized carbons (Fsp3) is 0.133. The summed E-state index contributed by atoms with van der Waals surface area (Å²) in [7, 11) is 1.80. The fourth-order valence-corrected chi connectivity index (χ4v) is 2.51. The zero-order valence-corrected chi connectivity index (χ0v) is 13.0. The van der Waals surface area contributed by atoms with E-state index in [1.165, 1.54) is 0 Å². The first-order valence-electron chi connectivity index (χ1n) is 5.85. The lowest BCUT2D eigenvalue weighted by Crippen LogP contribution is -2.26. The van der Waals surface area contributed by atoms with E-state index in [9.17, 15) is 4.79 Å². The summed E-state index contributed by atoms with van der Waals surface area (Å²) in [5.41, 5.74) is 1.75. The van der Waals surface area contributed by atoms with Gasteiger partial charge in [-0.3, -0.25) is 4.79 Å². The van der Waals surface area contributed by atoms with E-state index in [2.05, 4.69) is 28.6 Å².